The van der Waals surface area contributed by atoms with Gasteiger partial charge in [0.1, 0.15) is 30.2 Å². The van der Waals surface area contributed by atoms with Gasteiger partial charge in [-0.05, 0) is 148 Å². The predicted octanol–water partition coefficient (Wildman–Crippen LogP) is 9.24. The van der Waals surface area contributed by atoms with Gasteiger partial charge in [0, 0.05) is 98.6 Å². The topological polar surface area (TPSA) is 205 Å². The molecule has 5 heterocycles. The number of aryl methyl sites for hydroxylation is 3. The van der Waals surface area contributed by atoms with Crippen LogP contribution in [-0.2, 0) is 38.7 Å². The lowest BCUT2D eigenvalue weighted by atomic mass is 9.95. The van der Waals surface area contributed by atoms with Crippen molar-refractivity contribution in [1.82, 2.24) is 30.4 Å². The number of thiazole rings is 1. The van der Waals surface area contributed by atoms with Gasteiger partial charge in [-0.3, -0.25) is 24.0 Å². The second-order valence-electron chi connectivity index (χ2n) is 22.3. The quantitative estimate of drug-likeness (QED) is 0.0396. The first-order valence-corrected chi connectivity index (χ1v) is 30.1. The number of β-amino-alcohol motifs (C(OH)–C–C–N with tert-alkyl or cyclic N) is 1. The normalized spacial score (nSPS) is 16.5. The molecule has 6 aromatic rings. The van der Waals surface area contributed by atoms with Crippen molar-refractivity contribution < 1.29 is 43.2 Å². The zero-order valence-electron chi connectivity index (χ0n) is 48.9. The molecule has 3 atom stereocenters. The third-order valence-electron chi connectivity index (χ3n) is 16.2. The minimum atomic E-state index is -0.906. The summed E-state index contributed by atoms with van der Waals surface area (Å²) < 4.78 is 24.2. The Kier molecular flexibility index (Phi) is 20.2. The number of hydrogen-bond donors (Lipinski definition) is 4. The number of carbonyl (C=O) groups excluding carboxylic acids is 4. The summed E-state index contributed by atoms with van der Waals surface area (Å²) >= 11 is 1.55. The van der Waals surface area contributed by atoms with Gasteiger partial charge >= 0.3 is 0 Å². The summed E-state index contributed by atoms with van der Waals surface area (Å²) in [5.41, 5.74) is 12.1. The highest BCUT2D eigenvalue weighted by Crippen LogP contribution is 2.36. The molecule has 4 N–H and O–H groups in total. The minimum absolute atomic E-state index is 0.00231. The predicted molar refractivity (Wildman–Crippen MR) is 322 cm³/mol. The summed E-state index contributed by atoms with van der Waals surface area (Å²) in [6.45, 7) is 18.2. The van der Waals surface area contributed by atoms with E-state index >= 15 is 0 Å². The Balaban J connectivity index is 0.754. The molecule has 4 amide bonds. The number of carbonyl (C=O) groups is 4. The number of aliphatic hydroxyl groups excluding tert-OH is 1. The number of rotatable bonds is 25. The number of unbranched alkanes of at least 4 members (excludes halogenated alkanes) is 2. The zero-order chi connectivity index (χ0) is 58.7. The van der Waals surface area contributed by atoms with Crippen molar-refractivity contribution in [2.75, 3.05) is 57.6 Å². The molecule has 4 aromatic carbocycles. The van der Waals surface area contributed by atoms with E-state index in [1.54, 1.807) is 22.3 Å². The number of pyridine rings is 1. The van der Waals surface area contributed by atoms with Crippen molar-refractivity contribution in [2.24, 2.45) is 5.92 Å². The van der Waals surface area contributed by atoms with Crippen molar-refractivity contribution in [2.45, 2.75) is 131 Å². The van der Waals surface area contributed by atoms with Crippen molar-refractivity contribution >= 4 is 40.7 Å². The van der Waals surface area contributed by atoms with Crippen LogP contribution in [0, 0.1) is 33.6 Å². The Morgan fingerprint density at radius 3 is 2.34 bits per heavy atom. The van der Waals surface area contributed by atoms with Gasteiger partial charge < -0.3 is 54.4 Å². The molecule has 2 saturated heterocycles. The number of benzene rings is 4. The van der Waals surface area contributed by atoms with Crippen LogP contribution in [0.15, 0.2) is 95.2 Å². The number of nitrogens with zero attached hydrogens (tertiary/aromatic N) is 4. The van der Waals surface area contributed by atoms with Crippen LogP contribution in [-0.4, -0.2) is 125 Å². The highest BCUT2D eigenvalue weighted by molar-refractivity contribution is 7.13. The van der Waals surface area contributed by atoms with Crippen LogP contribution in [0.4, 0.5) is 5.69 Å². The van der Waals surface area contributed by atoms with E-state index < -0.39 is 18.2 Å². The molecular weight excluding hydrogens is 1070 g/mol. The first kappa shape index (κ1) is 60.2. The average Bonchev–Trinajstić information content (AvgIpc) is 3.33. The van der Waals surface area contributed by atoms with Crippen LogP contribution < -0.4 is 30.6 Å². The second-order valence-corrected chi connectivity index (χ2v) is 23.2. The number of H-pyrrole nitrogens is 1. The maximum atomic E-state index is 14.3. The molecule has 2 aromatic heterocycles. The Morgan fingerprint density at radius 1 is 0.855 bits per heavy atom. The Hall–Kier alpha value is -7.38. The summed E-state index contributed by atoms with van der Waals surface area (Å²) in [4.78, 5) is 82.4. The van der Waals surface area contributed by atoms with Crippen LogP contribution >= 0.6 is 11.3 Å². The van der Waals surface area contributed by atoms with Gasteiger partial charge in [-0.1, -0.05) is 56.3 Å². The molecule has 18 heteroatoms. The molecule has 0 radical (unpaired) electrons. The summed E-state index contributed by atoms with van der Waals surface area (Å²) in [5, 5.41) is 16.9. The molecule has 0 bridgehead atoms. The van der Waals surface area contributed by atoms with Gasteiger partial charge in [0.25, 0.3) is 17.4 Å². The van der Waals surface area contributed by atoms with Gasteiger partial charge in [0.15, 0.2) is 0 Å². The molecule has 2 fully saturated rings. The Morgan fingerprint density at radius 2 is 1.61 bits per heavy atom. The van der Waals surface area contributed by atoms with Crippen molar-refractivity contribution in [3.05, 3.63) is 151 Å². The SMILES string of the molecule is CCN(c1cc(-c2ccc(OCCOCCCCCOc3cc(-c4scnc4C)ccc3CNC(=O)C3C[C@@H](O)CN3C(=O)C(C(C)C)N3Cc4ccccc4C3=O)cc2)cc(C(=O)NCc2c(C)cc(C)[nH]c2=O)c1C)C1CCOCC1. The number of aliphatic hydroxyl groups is 1. The number of aromatic nitrogens is 2. The summed E-state index contributed by atoms with van der Waals surface area (Å²) in [7, 11) is 0. The molecule has 3 aliphatic rings. The van der Waals surface area contributed by atoms with Gasteiger partial charge in [0.05, 0.1) is 35.4 Å². The standard InChI is InChI=1S/C65H79N7O10S/c1-8-70(50-22-26-80-27-23-50)56-32-49(31-54(43(56)6)61(74)67-36-55-41(4)30-42(5)69-62(55)75)45-18-20-52(21-19-45)81-29-28-79-24-12-9-13-25-82-58-33-46(60-44(7)68-39-83-60)16-17-47(58)35-66-63(76)57-34-51(73)38-71(57)65(78)59(40(2)3)72-37-48-14-10-11-15-53(48)64(72)77/h10-11,14-21,30-33,39-40,50-51,57,59,73H,8-9,12-13,22-29,34-38H2,1-7H3,(H,66,76)(H,67,74)(H,69,75)/t51-,57?,59?/m1/s1. The molecule has 2 unspecified atom stereocenters. The fraction of sp³-hybridized carbons (Fsp3) is 0.446. The number of nitrogens with one attached hydrogen (secondary N) is 3. The third-order valence-corrected chi connectivity index (χ3v) is 17.1. The summed E-state index contributed by atoms with van der Waals surface area (Å²) in [6.07, 6.45) is 3.48. The van der Waals surface area contributed by atoms with E-state index in [-0.39, 0.29) is 67.2 Å². The van der Waals surface area contributed by atoms with E-state index in [0.717, 1.165) is 99.5 Å². The number of amides is 4. The fourth-order valence-electron chi connectivity index (χ4n) is 11.7. The largest absolute Gasteiger partial charge is 0.493 e. The highest BCUT2D eigenvalue weighted by atomic mass is 32.1. The zero-order valence-corrected chi connectivity index (χ0v) is 49.7. The molecule has 0 spiro atoms. The minimum Gasteiger partial charge on any atom is -0.493 e. The second kappa shape index (κ2) is 27.8. The van der Waals surface area contributed by atoms with Crippen molar-refractivity contribution in [1.29, 1.82) is 0 Å². The maximum Gasteiger partial charge on any atom is 0.255 e. The van der Waals surface area contributed by atoms with E-state index in [2.05, 4.69) is 38.5 Å². The van der Waals surface area contributed by atoms with E-state index in [1.165, 1.54) is 4.90 Å². The fourth-order valence-corrected chi connectivity index (χ4v) is 12.5. The average molecular weight is 1150 g/mol. The van der Waals surface area contributed by atoms with Crippen LogP contribution in [0.3, 0.4) is 0 Å². The Bertz CT molecular complexity index is 3320. The first-order chi connectivity index (χ1) is 40.1. The van der Waals surface area contributed by atoms with Crippen molar-refractivity contribution in [3.8, 4) is 33.1 Å². The maximum absolute atomic E-state index is 14.3. The van der Waals surface area contributed by atoms with Gasteiger partial charge in [-0.15, -0.1) is 11.3 Å². The van der Waals surface area contributed by atoms with E-state index in [1.807, 2.05) is 120 Å². The lowest BCUT2D eigenvalue weighted by molar-refractivity contribution is -0.143. The van der Waals surface area contributed by atoms with Gasteiger partial charge in [0.2, 0.25) is 11.8 Å². The molecule has 9 rings (SSSR count). The van der Waals surface area contributed by atoms with Gasteiger partial charge in [-0.25, -0.2) is 4.98 Å². The lowest BCUT2D eigenvalue weighted by Gasteiger charge is -2.37. The highest BCUT2D eigenvalue weighted by Gasteiger charge is 2.46. The number of ether oxygens (including phenoxy) is 4. The monoisotopic (exact) mass is 1150 g/mol. The van der Waals surface area contributed by atoms with Crippen LogP contribution in [0.5, 0.6) is 11.5 Å². The smallest absolute Gasteiger partial charge is 0.255 e. The molecule has 83 heavy (non-hydrogen) atoms. The van der Waals surface area contributed by atoms with Crippen LogP contribution in [0.1, 0.15) is 119 Å². The van der Waals surface area contributed by atoms with Gasteiger partial charge in [-0.2, -0.15) is 0 Å². The summed E-state index contributed by atoms with van der Waals surface area (Å²) in [6, 6.07) is 25.8. The van der Waals surface area contributed by atoms with E-state index in [9.17, 15) is 29.1 Å². The number of hydrogen-bond acceptors (Lipinski definition) is 13. The molecule has 3 aliphatic heterocycles. The molecule has 17 nitrogen and oxygen atoms in total. The number of aromatic amines is 1. The molecule has 440 valence electrons. The number of anilines is 1. The number of fused-ring (bicyclic) bond motifs is 1. The third kappa shape index (κ3) is 14.3. The lowest BCUT2D eigenvalue weighted by Crippen LogP contribution is -2.55. The Labute approximate surface area is 490 Å². The molecular formula is C65H79N7O10S. The molecule has 0 aliphatic carbocycles. The summed E-state index contributed by atoms with van der Waals surface area (Å²) in [5.74, 6) is -0.0715. The van der Waals surface area contributed by atoms with Crippen LogP contribution in [0.25, 0.3) is 21.6 Å². The molecule has 0 saturated carbocycles. The first-order valence-electron chi connectivity index (χ1n) is 29.2. The van der Waals surface area contributed by atoms with E-state index in [0.29, 0.717) is 74.4 Å². The van der Waals surface area contributed by atoms with E-state index in [4.69, 9.17) is 18.9 Å². The van der Waals surface area contributed by atoms with Crippen molar-refractivity contribution in [3.63, 3.8) is 0 Å². The number of likely N-dealkylation sites (tertiary alicyclic amines) is 1. The van der Waals surface area contributed by atoms with Crippen LogP contribution in [0.2, 0.25) is 0 Å².